The minimum absolute atomic E-state index is 0.456. The lowest BCUT2D eigenvalue weighted by atomic mass is 10.2. The Bertz CT molecular complexity index is 916. The molecule has 1 aromatic carbocycles. The van der Waals surface area contributed by atoms with Gasteiger partial charge in [0.25, 0.3) is 5.95 Å². The van der Waals surface area contributed by atoms with Crippen molar-refractivity contribution in [2.75, 3.05) is 62.4 Å². The van der Waals surface area contributed by atoms with Crippen LogP contribution in [0.3, 0.4) is 0 Å². The van der Waals surface area contributed by atoms with E-state index in [1.54, 1.807) is 4.68 Å². The van der Waals surface area contributed by atoms with Crippen molar-refractivity contribution in [2.24, 2.45) is 0 Å². The number of rotatable bonds is 4. The van der Waals surface area contributed by atoms with E-state index in [1.807, 2.05) is 36.5 Å². The molecule has 150 valence electrons. The normalized spacial score (nSPS) is 17.5. The van der Waals surface area contributed by atoms with E-state index in [2.05, 4.69) is 30.1 Å². The molecular weight excluding hydrogens is 372 g/mol. The summed E-state index contributed by atoms with van der Waals surface area (Å²) in [4.78, 5) is 18.3. The Hall–Kier alpha value is -3.11. The van der Waals surface area contributed by atoms with E-state index >= 15 is 0 Å². The average Bonchev–Trinajstić information content (AvgIpc) is 3.31. The van der Waals surface area contributed by atoms with Crippen LogP contribution >= 0.6 is 0 Å². The zero-order valence-corrected chi connectivity index (χ0v) is 16.0. The van der Waals surface area contributed by atoms with Crippen LogP contribution in [0.1, 0.15) is 0 Å². The van der Waals surface area contributed by atoms with Gasteiger partial charge in [-0.3, -0.25) is 0 Å². The fourth-order valence-electron chi connectivity index (χ4n) is 3.36. The van der Waals surface area contributed by atoms with Gasteiger partial charge < -0.3 is 19.3 Å². The van der Waals surface area contributed by atoms with Gasteiger partial charge in [0.05, 0.1) is 32.6 Å². The smallest absolute Gasteiger partial charge is 0.258 e. The Balaban J connectivity index is 1.52. The van der Waals surface area contributed by atoms with Gasteiger partial charge in [0.2, 0.25) is 11.9 Å². The molecule has 0 unspecified atom stereocenters. The van der Waals surface area contributed by atoms with Gasteiger partial charge >= 0.3 is 0 Å². The summed E-state index contributed by atoms with van der Waals surface area (Å²) in [5.41, 5.74) is 1.77. The number of benzene rings is 1. The molecule has 29 heavy (non-hydrogen) atoms. The Kier molecular flexibility index (Phi) is 5.01. The summed E-state index contributed by atoms with van der Waals surface area (Å²) in [5.74, 6) is 1.73. The van der Waals surface area contributed by atoms with Crippen molar-refractivity contribution < 1.29 is 9.47 Å². The zero-order valence-electron chi connectivity index (χ0n) is 16.0. The van der Waals surface area contributed by atoms with Crippen molar-refractivity contribution in [2.45, 2.75) is 0 Å². The van der Waals surface area contributed by atoms with Crippen molar-refractivity contribution in [3.63, 3.8) is 0 Å². The summed E-state index contributed by atoms with van der Waals surface area (Å²) >= 11 is 0. The molecule has 0 spiro atoms. The topological polar surface area (TPSA) is 94.3 Å². The highest BCUT2D eigenvalue weighted by Crippen LogP contribution is 2.20. The lowest BCUT2D eigenvalue weighted by molar-refractivity contribution is 0.121. The Labute approximate surface area is 168 Å². The predicted molar refractivity (Wildman–Crippen MR) is 106 cm³/mol. The molecule has 2 aliphatic rings. The van der Waals surface area contributed by atoms with Crippen LogP contribution in [0.4, 0.5) is 11.9 Å². The Morgan fingerprint density at radius 2 is 1.24 bits per heavy atom. The van der Waals surface area contributed by atoms with E-state index < -0.39 is 0 Å². The Morgan fingerprint density at radius 3 is 1.83 bits per heavy atom. The number of aromatic nitrogens is 6. The third kappa shape index (κ3) is 3.89. The molecule has 0 aliphatic carbocycles. The van der Waals surface area contributed by atoms with Gasteiger partial charge in [-0.1, -0.05) is 35.5 Å². The van der Waals surface area contributed by atoms with Gasteiger partial charge in [-0.25, -0.2) is 0 Å². The third-order valence-corrected chi connectivity index (χ3v) is 4.96. The lowest BCUT2D eigenvalue weighted by Crippen LogP contribution is -2.40. The summed E-state index contributed by atoms with van der Waals surface area (Å²) < 4.78 is 12.5. The second kappa shape index (κ2) is 8.10. The number of morpholine rings is 2. The van der Waals surface area contributed by atoms with Crippen LogP contribution in [-0.2, 0) is 9.47 Å². The van der Waals surface area contributed by atoms with E-state index in [0.29, 0.717) is 44.3 Å². The maximum Gasteiger partial charge on any atom is 0.258 e. The molecule has 10 nitrogen and oxygen atoms in total. The third-order valence-electron chi connectivity index (χ3n) is 4.96. The molecule has 0 saturated carbocycles. The van der Waals surface area contributed by atoms with E-state index in [4.69, 9.17) is 14.5 Å². The van der Waals surface area contributed by atoms with E-state index in [0.717, 1.165) is 37.4 Å². The maximum absolute atomic E-state index is 5.47. The summed E-state index contributed by atoms with van der Waals surface area (Å²) in [5, 5.41) is 8.56. The monoisotopic (exact) mass is 394 g/mol. The summed E-state index contributed by atoms with van der Waals surface area (Å²) in [7, 11) is 0. The van der Waals surface area contributed by atoms with Crippen LogP contribution < -0.4 is 9.80 Å². The molecule has 10 heteroatoms. The van der Waals surface area contributed by atoms with Crippen LogP contribution in [0.5, 0.6) is 0 Å². The molecular formula is C19H22N8O2. The van der Waals surface area contributed by atoms with Gasteiger partial charge in [-0.05, 0) is 0 Å². The molecule has 4 heterocycles. The van der Waals surface area contributed by atoms with Crippen molar-refractivity contribution in [3.05, 3.63) is 36.5 Å². The molecule has 0 bridgehead atoms. The number of hydrogen-bond acceptors (Lipinski definition) is 9. The SMILES string of the molecule is c1ccc(-c2cn(-c3nc(N4CCOCC4)nc(N4CCOCC4)n3)nn2)cc1. The highest BCUT2D eigenvalue weighted by atomic mass is 16.5. The largest absolute Gasteiger partial charge is 0.378 e. The second-order valence-corrected chi connectivity index (χ2v) is 6.85. The van der Waals surface area contributed by atoms with Crippen molar-refractivity contribution in [3.8, 4) is 17.2 Å². The quantitative estimate of drug-likeness (QED) is 0.636. The van der Waals surface area contributed by atoms with Gasteiger partial charge in [0, 0.05) is 31.7 Å². The molecule has 0 N–H and O–H groups in total. The number of ether oxygens (including phenoxy) is 2. The lowest BCUT2D eigenvalue weighted by Gasteiger charge is -2.30. The molecule has 5 rings (SSSR count). The molecule has 2 aromatic heterocycles. The van der Waals surface area contributed by atoms with Crippen LogP contribution in [0.25, 0.3) is 17.2 Å². The van der Waals surface area contributed by atoms with Crippen LogP contribution in [0.15, 0.2) is 36.5 Å². The number of nitrogens with zero attached hydrogens (tertiary/aromatic N) is 8. The molecule has 2 saturated heterocycles. The van der Waals surface area contributed by atoms with E-state index in [1.165, 1.54) is 0 Å². The first kappa shape index (κ1) is 18.0. The summed E-state index contributed by atoms with van der Waals surface area (Å²) in [6.45, 7) is 5.64. The van der Waals surface area contributed by atoms with E-state index in [-0.39, 0.29) is 0 Å². The molecule has 0 amide bonds. The predicted octanol–water partition coefficient (Wildman–Crippen LogP) is 0.792. The number of hydrogen-bond donors (Lipinski definition) is 0. The van der Waals surface area contributed by atoms with Crippen LogP contribution in [0, 0.1) is 0 Å². The van der Waals surface area contributed by atoms with Gasteiger partial charge in [0.15, 0.2) is 0 Å². The standard InChI is InChI=1S/C19H22N8O2/c1-2-4-15(5-3-1)16-14-27(24-23-16)19-21-17(25-6-10-28-11-7-25)20-18(22-19)26-8-12-29-13-9-26/h1-5,14H,6-13H2. The first-order chi connectivity index (χ1) is 14.4. The highest BCUT2D eigenvalue weighted by molar-refractivity contribution is 5.57. The molecule has 2 aliphatic heterocycles. The zero-order chi connectivity index (χ0) is 19.5. The van der Waals surface area contributed by atoms with Gasteiger partial charge in [0.1, 0.15) is 5.69 Å². The van der Waals surface area contributed by atoms with Crippen molar-refractivity contribution >= 4 is 11.9 Å². The first-order valence-electron chi connectivity index (χ1n) is 9.76. The fourth-order valence-corrected chi connectivity index (χ4v) is 3.36. The molecule has 2 fully saturated rings. The number of anilines is 2. The van der Waals surface area contributed by atoms with E-state index in [9.17, 15) is 0 Å². The Morgan fingerprint density at radius 1 is 0.690 bits per heavy atom. The van der Waals surface area contributed by atoms with Crippen LogP contribution in [-0.4, -0.2) is 82.6 Å². The summed E-state index contributed by atoms with van der Waals surface area (Å²) in [6.07, 6.45) is 1.84. The van der Waals surface area contributed by atoms with Gasteiger partial charge in [-0.2, -0.15) is 19.6 Å². The average molecular weight is 394 g/mol. The molecule has 3 aromatic rings. The maximum atomic E-state index is 5.47. The van der Waals surface area contributed by atoms with Crippen molar-refractivity contribution in [1.29, 1.82) is 0 Å². The minimum atomic E-state index is 0.456. The van der Waals surface area contributed by atoms with Gasteiger partial charge in [-0.15, -0.1) is 5.10 Å². The molecule has 0 radical (unpaired) electrons. The second-order valence-electron chi connectivity index (χ2n) is 6.85. The minimum Gasteiger partial charge on any atom is -0.378 e. The molecule has 0 atom stereocenters. The highest BCUT2D eigenvalue weighted by Gasteiger charge is 2.21. The first-order valence-corrected chi connectivity index (χ1v) is 9.76. The summed E-state index contributed by atoms with van der Waals surface area (Å²) in [6, 6.07) is 9.93. The van der Waals surface area contributed by atoms with Crippen LogP contribution in [0.2, 0.25) is 0 Å². The van der Waals surface area contributed by atoms with Crippen molar-refractivity contribution in [1.82, 2.24) is 29.9 Å². The fraction of sp³-hybridized carbons (Fsp3) is 0.421.